The molecule has 1 heterocycles. The van der Waals surface area contributed by atoms with E-state index < -0.39 is 0 Å². The number of carbonyl (C=O) groups is 1. The maximum atomic E-state index is 13.2. The van der Waals surface area contributed by atoms with Crippen LogP contribution in [0.3, 0.4) is 0 Å². The minimum absolute atomic E-state index is 0.0360. The van der Waals surface area contributed by atoms with E-state index in [1.54, 1.807) is 6.07 Å². The van der Waals surface area contributed by atoms with Crippen molar-refractivity contribution in [2.24, 2.45) is 0 Å². The van der Waals surface area contributed by atoms with Gasteiger partial charge in [0, 0.05) is 65.1 Å². The Balaban J connectivity index is 2.12. The third-order valence-electron chi connectivity index (χ3n) is 6.90. The van der Waals surface area contributed by atoms with Crippen molar-refractivity contribution in [3.05, 3.63) is 65.5 Å². The number of rotatable bonds is 9. The summed E-state index contributed by atoms with van der Waals surface area (Å²) in [7, 11) is 0. The summed E-state index contributed by atoms with van der Waals surface area (Å²) in [6, 6.07) is 18.3. The summed E-state index contributed by atoms with van der Waals surface area (Å²) in [5.41, 5.74) is 12.1. The Labute approximate surface area is 219 Å². The molecule has 0 saturated heterocycles. The fourth-order valence-corrected chi connectivity index (χ4v) is 5.18. The lowest BCUT2D eigenvalue weighted by Gasteiger charge is -2.23. The molecule has 5 nitrogen and oxygen atoms in total. The minimum Gasteiger partial charge on any atom is -0.456 e. The van der Waals surface area contributed by atoms with E-state index in [0.29, 0.717) is 23.4 Å². The average Bonchev–Trinajstić information content (AvgIpc) is 2.89. The summed E-state index contributed by atoms with van der Waals surface area (Å²) in [6.07, 6.45) is 0.352. The summed E-state index contributed by atoms with van der Waals surface area (Å²) in [5.74, 6) is 1.32. The van der Waals surface area contributed by atoms with Crippen molar-refractivity contribution in [2.45, 2.75) is 34.1 Å². The SMILES string of the molecule is CCN(CC)c1ccc2c(-c3ccc(N)cc3C(=O)CCS)c3ccc(=[N+](CC)CC)cc-3oc2c1. The molecule has 2 aliphatic rings. The fourth-order valence-electron chi connectivity index (χ4n) is 4.98. The third kappa shape index (κ3) is 4.87. The zero-order valence-electron chi connectivity index (χ0n) is 21.7. The monoisotopic (exact) mass is 502 g/mol. The van der Waals surface area contributed by atoms with E-state index in [2.05, 4.69) is 86.2 Å². The molecular weight excluding hydrogens is 466 g/mol. The Kier molecular flexibility index (Phi) is 8.04. The molecule has 0 spiro atoms. The summed E-state index contributed by atoms with van der Waals surface area (Å²) in [4.78, 5) is 15.5. The van der Waals surface area contributed by atoms with Gasteiger partial charge in [0.15, 0.2) is 5.78 Å². The fraction of sp³-hybridized carbons (Fsp3) is 0.333. The highest BCUT2D eigenvalue weighted by Crippen LogP contribution is 2.42. The zero-order chi connectivity index (χ0) is 25.8. The molecule has 2 aromatic carbocycles. The third-order valence-corrected chi connectivity index (χ3v) is 7.12. The number of carbonyl (C=O) groups excluding carboxylic acids is 1. The van der Waals surface area contributed by atoms with Gasteiger partial charge in [0.05, 0.1) is 6.07 Å². The van der Waals surface area contributed by atoms with Crippen molar-refractivity contribution in [1.29, 1.82) is 0 Å². The van der Waals surface area contributed by atoms with Crippen LogP contribution in [0, 0.1) is 0 Å². The molecule has 0 atom stereocenters. The first-order chi connectivity index (χ1) is 17.4. The van der Waals surface area contributed by atoms with Gasteiger partial charge in [0.2, 0.25) is 5.36 Å². The Morgan fingerprint density at radius 3 is 2.33 bits per heavy atom. The number of thiol groups is 1. The second kappa shape index (κ2) is 11.2. The standard InChI is InChI=1S/C30H35N3O2S/c1-5-32(6-2)21-10-13-24-28(18-21)35-29-19-22(33(7-3)8-4)11-14-25(29)30(24)23-12-9-20(31)17-26(23)27(34)15-16-36/h9-14,17-19,31,36H,5-8,15-16H2,1-4H3/p+1. The van der Waals surface area contributed by atoms with Gasteiger partial charge in [-0.3, -0.25) is 4.79 Å². The normalized spacial score (nSPS) is 11.2. The molecule has 0 unspecified atom stereocenters. The predicted molar refractivity (Wildman–Crippen MR) is 155 cm³/mol. The Morgan fingerprint density at radius 1 is 0.944 bits per heavy atom. The van der Waals surface area contributed by atoms with Gasteiger partial charge in [0.25, 0.3) is 0 Å². The molecule has 1 aliphatic heterocycles. The summed E-state index contributed by atoms with van der Waals surface area (Å²) in [6.45, 7) is 12.3. The van der Waals surface area contributed by atoms with E-state index in [1.807, 2.05) is 12.1 Å². The minimum atomic E-state index is 0.0360. The summed E-state index contributed by atoms with van der Waals surface area (Å²) >= 11 is 4.30. The largest absolute Gasteiger partial charge is 0.456 e. The molecular formula is C30H36N3O2S+. The molecule has 1 aliphatic carbocycles. The number of ketones is 1. The van der Waals surface area contributed by atoms with Crippen LogP contribution < -0.4 is 20.6 Å². The van der Waals surface area contributed by atoms with Gasteiger partial charge in [-0.1, -0.05) is 6.07 Å². The number of Topliss-reactive ketones (excluding diaryl/α,β-unsaturated/α-hetero) is 1. The maximum Gasteiger partial charge on any atom is 0.203 e. The smallest absolute Gasteiger partial charge is 0.203 e. The van der Waals surface area contributed by atoms with E-state index in [0.717, 1.165) is 70.6 Å². The molecule has 2 aromatic rings. The molecule has 6 heteroatoms. The number of hydrogen-bond donors (Lipinski definition) is 2. The van der Waals surface area contributed by atoms with E-state index in [1.165, 1.54) is 0 Å². The van der Waals surface area contributed by atoms with Crippen LogP contribution in [-0.2, 0) is 0 Å². The van der Waals surface area contributed by atoms with Crippen LogP contribution in [-0.4, -0.2) is 37.7 Å². The molecule has 2 N–H and O–H groups in total. The Morgan fingerprint density at radius 2 is 1.67 bits per heavy atom. The van der Waals surface area contributed by atoms with Crippen LogP contribution in [0.2, 0.25) is 0 Å². The molecule has 188 valence electrons. The van der Waals surface area contributed by atoms with Crippen molar-refractivity contribution < 1.29 is 9.21 Å². The number of fused-ring (bicyclic) bond motifs is 2. The highest BCUT2D eigenvalue weighted by Gasteiger charge is 2.23. The molecule has 36 heavy (non-hydrogen) atoms. The number of nitrogens with zero attached hydrogens (tertiary/aromatic N) is 2. The summed E-state index contributed by atoms with van der Waals surface area (Å²) in [5, 5.41) is 2.09. The first-order valence-electron chi connectivity index (χ1n) is 12.8. The van der Waals surface area contributed by atoms with Crippen molar-refractivity contribution in [1.82, 2.24) is 4.58 Å². The molecule has 0 saturated carbocycles. The van der Waals surface area contributed by atoms with E-state index in [-0.39, 0.29) is 5.78 Å². The van der Waals surface area contributed by atoms with Crippen LogP contribution in [0.1, 0.15) is 44.5 Å². The highest BCUT2D eigenvalue weighted by atomic mass is 32.1. The Hall–Kier alpha value is -3.25. The van der Waals surface area contributed by atoms with Gasteiger partial charge in [0.1, 0.15) is 24.4 Å². The van der Waals surface area contributed by atoms with Gasteiger partial charge >= 0.3 is 0 Å². The van der Waals surface area contributed by atoms with Gasteiger partial charge in [-0.2, -0.15) is 12.6 Å². The molecule has 4 rings (SSSR count). The zero-order valence-corrected chi connectivity index (χ0v) is 22.6. The van der Waals surface area contributed by atoms with Crippen molar-refractivity contribution in [3.8, 4) is 22.5 Å². The van der Waals surface area contributed by atoms with Crippen molar-refractivity contribution in [3.63, 3.8) is 0 Å². The van der Waals surface area contributed by atoms with Gasteiger partial charge in [-0.15, -0.1) is 0 Å². The average molecular weight is 503 g/mol. The quantitative estimate of drug-likeness (QED) is 0.0976. The van der Waals surface area contributed by atoms with Crippen LogP contribution in [0.25, 0.3) is 33.4 Å². The molecule has 0 fully saturated rings. The maximum absolute atomic E-state index is 13.2. The van der Waals surface area contributed by atoms with E-state index in [9.17, 15) is 4.79 Å². The number of anilines is 2. The highest BCUT2D eigenvalue weighted by molar-refractivity contribution is 7.80. The topological polar surface area (TPSA) is 62.5 Å². The van der Waals surface area contributed by atoms with Gasteiger partial charge < -0.3 is 15.1 Å². The molecule has 0 amide bonds. The van der Waals surface area contributed by atoms with Crippen LogP contribution >= 0.6 is 12.6 Å². The van der Waals surface area contributed by atoms with E-state index >= 15 is 0 Å². The number of hydrogen-bond acceptors (Lipinski definition) is 5. The van der Waals surface area contributed by atoms with Crippen molar-refractivity contribution in [2.75, 3.05) is 42.6 Å². The molecule has 0 radical (unpaired) electrons. The second-order valence-electron chi connectivity index (χ2n) is 8.88. The first kappa shape index (κ1) is 25.8. The lowest BCUT2D eigenvalue weighted by molar-refractivity contribution is 0.0990. The number of benzene rings is 3. The van der Waals surface area contributed by atoms with Crippen LogP contribution in [0.5, 0.6) is 0 Å². The van der Waals surface area contributed by atoms with Gasteiger partial charge in [-0.05, 0) is 69.3 Å². The Bertz CT molecular complexity index is 1430. The lowest BCUT2D eigenvalue weighted by atomic mass is 9.88. The second-order valence-corrected chi connectivity index (χ2v) is 9.33. The molecule has 0 bridgehead atoms. The molecule has 0 aromatic heterocycles. The van der Waals surface area contributed by atoms with Crippen LogP contribution in [0.15, 0.2) is 59.0 Å². The lowest BCUT2D eigenvalue weighted by Crippen LogP contribution is -2.29. The first-order valence-corrected chi connectivity index (χ1v) is 13.5. The van der Waals surface area contributed by atoms with Gasteiger partial charge in [-0.25, -0.2) is 4.58 Å². The van der Waals surface area contributed by atoms with Crippen LogP contribution in [0.4, 0.5) is 11.4 Å². The number of nitrogen functional groups attached to an aromatic ring is 1. The van der Waals surface area contributed by atoms with Crippen molar-refractivity contribution >= 4 is 40.8 Å². The number of nitrogens with two attached hydrogens (primary N) is 1. The van der Waals surface area contributed by atoms with E-state index in [4.69, 9.17) is 10.2 Å². The predicted octanol–water partition coefficient (Wildman–Crippen LogP) is 5.95. The summed E-state index contributed by atoms with van der Waals surface area (Å²) < 4.78 is 8.87.